The molecule has 0 unspecified atom stereocenters. The van der Waals surface area contributed by atoms with Crippen LogP contribution in [0, 0.1) is 12.7 Å². The molecule has 3 aromatic rings. The third-order valence-electron chi connectivity index (χ3n) is 5.40. The summed E-state index contributed by atoms with van der Waals surface area (Å²) < 4.78 is 28.9. The van der Waals surface area contributed by atoms with Crippen LogP contribution in [0.15, 0.2) is 58.0 Å². The first-order chi connectivity index (χ1) is 16.4. The van der Waals surface area contributed by atoms with Crippen LogP contribution >= 0.6 is 0 Å². The van der Waals surface area contributed by atoms with Gasteiger partial charge < -0.3 is 13.9 Å². The predicted molar refractivity (Wildman–Crippen MR) is 120 cm³/mol. The molecule has 2 aromatic carbocycles. The Kier molecular flexibility index (Phi) is 6.53. The lowest BCUT2D eigenvalue weighted by Crippen LogP contribution is -2.22. The topological polar surface area (TPSA) is 107 Å². The third kappa shape index (κ3) is 4.73. The van der Waals surface area contributed by atoms with Gasteiger partial charge in [-0.25, -0.2) is 19.4 Å². The van der Waals surface area contributed by atoms with Gasteiger partial charge in [0.2, 0.25) is 5.76 Å². The first-order valence-electron chi connectivity index (χ1n) is 10.5. The van der Waals surface area contributed by atoms with Crippen LogP contribution in [-0.4, -0.2) is 30.7 Å². The molecule has 0 aliphatic heterocycles. The molecule has 8 nitrogen and oxygen atoms in total. The van der Waals surface area contributed by atoms with E-state index in [1.54, 1.807) is 6.92 Å². The molecule has 1 heterocycles. The number of halogens is 1. The van der Waals surface area contributed by atoms with Gasteiger partial charge in [0.05, 0.1) is 18.4 Å². The molecular formula is C25H21FN2O6. The van der Waals surface area contributed by atoms with E-state index in [0.717, 1.165) is 6.42 Å². The number of rotatable bonds is 5. The van der Waals surface area contributed by atoms with Crippen molar-refractivity contribution in [1.29, 1.82) is 0 Å². The number of carbonyl (C=O) groups excluding carboxylic acids is 3. The number of hydrazone groups is 1. The van der Waals surface area contributed by atoms with Crippen LogP contribution in [0.25, 0.3) is 0 Å². The fourth-order valence-corrected chi connectivity index (χ4v) is 3.69. The molecule has 4 rings (SSSR count). The second-order valence-corrected chi connectivity index (χ2v) is 7.62. The molecule has 9 heteroatoms. The van der Waals surface area contributed by atoms with Crippen LogP contribution in [0.4, 0.5) is 4.39 Å². The van der Waals surface area contributed by atoms with E-state index < -0.39 is 23.7 Å². The van der Waals surface area contributed by atoms with Crippen molar-refractivity contribution in [3.63, 3.8) is 0 Å². The number of fused-ring (bicyclic) bond motifs is 1. The van der Waals surface area contributed by atoms with Crippen LogP contribution in [0.2, 0.25) is 0 Å². The lowest BCUT2D eigenvalue weighted by Gasteiger charge is -2.13. The minimum absolute atomic E-state index is 0.0431. The Labute approximate surface area is 194 Å². The highest BCUT2D eigenvalue weighted by Gasteiger charge is 2.29. The van der Waals surface area contributed by atoms with Crippen molar-refractivity contribution in [2.75, 3.05) is 7.11 Å². The maximum Gasteiger partial charge on any atom is 0.379 e. The SMILES string of the molecule is COC(=O)c1ccc(OC(=O)c2oc3c(c2C)/C(=N/NC(=O)c2ccc(F)cc2)CCC3)cc1. The summed E-state index contributed by atoms with van der Waals surface area (Å²) in [5.74, 6) is -1.22. The smallest absolute Gasteiger partial charge is 0.379 e. The molecule has 0 atom stereocenters. The molecule has 0 bridgehead atoms. The van der Waals surface area contributed by atoms with Crippen molar-refractivity contribution in [1.82, 2.24) is 5.43 Å². The predicted octanol–water partition coefficient (Wildman–Crippen LogP) is 4.20. The average molecular weight is 464 g/mol. The molecule has 174 valence electrons. The quantitative estimate of drug-likeness (QED) is 0.345. The van der Waals surface area contributed by atoms with Crippen molar-refractivity contribution in [2.45, 2.75) is 26.2 Å². The van der Waals surface area contributed by atoms with E-state index in [1.807, 2.05) is 0 Å². The molecule has 34 heavy (non-hydrogen) atoms. The van der Waals surface area contributed by atoms with E-state index >= 15 is 0 Å². The lowest BCUT2D eigenvalue weighted by molar-refractivity contribution is 0.0600. The number of hydrogen-bond donors (Lipinski definition) is 1. The van der Waals surface area contributed by atoms with Crippen molar-refractivity contribution >= 4 is 23.6 Å². The summed E-state index contributed by atoms with van der Waals surface area (Å²) >= 11 is 0. The summed E-state index contributed by atoms with van der Waals surface area (Å²) in [4.78, 5) is 36.6. The lowest BCUT2D eigenvalue weighted by atomic mass is 9.93. The summed E-state index contributed by atoms with van der Waals surface area (Å²) in [7, 11) is 1.28. The Morgan fingerprint density at radius 2 is 1.65 bits per heavy atom. The Bertz CT molecular complexity index is 1280. The Morgan fingerprint density at radius 3 is 2.32 bits per heavy atom. The largest absolute Gasteiger partial charge is 0.465 e. The van der Waals surface area contributed by atoms with Gasteiger partial charge in [-0.1, -0.05) is 0 Å². The molecule has 1 amide bonds. The number of benzene rings is 2. The Hall–Kier alpha value is -4.27. The number of furan rings is 1. The van der Waals surface area contributed by atoms with Gasteiger partial charge >= 0.3 is 11.9 Å². The molecule has 1 aliphatic rings. The number of nitrogens with zero attached hydrogens (tertiary/aromatic N) is 1. The maximum atomic E-state index is 13.1. The first-order valence-corrected chi connectivity index (χ1v) is 10.5. The zero-order valence-corrected chi connectivity index (χ0v) is 18.5. The molecule has 0 radical (unpaired) electrons. The number of ether oxygens (including phenoxy) is 2. The van der Waals surface area contributed by atoms with Crippen molar-refractivity contribution in [2.24, 2.45) is 5.10 Å². The third-order valence-corrected chi connectivity index (χ3v) is 5.40. The van der Waals surface area contributed by atoms with E-state index in [4.69, 9.17) is 9.15 Å². The number of aryl methyl sites for hydroxylation is 1. The van der Waals surface area contributed by atoms with Gasteiger partial charge in [-0.2, -0.15) is 5.10 Å². The number of esters is 2. The van der Waals surface area contributed by atoms with E-state index in [2.05, 4.69) is 15.3 Å². The molecule has 1 aliphatic carbocycles. The summed E-state index contributed by atoms with van der Waals surface area (Å²) in [5, 5.41) is 4.24. The summed E-state index contributed by atoms with van der Waals surface area (Å²) in [5.41, 5.74) is 4.89. The van der Waals surface area contributed by atoms with Gasteiger partial charge in [0.1, 0.15) is 17.3 Å². The van der Waals surface area contributed by atoms with Gasteiger partial charge in [-0.05, 0) is 68.3 Å². The highest BCUT2D eigenvalue weighted by Crippen LogP contribution is 2.30. The summed E-state index contributed by atoms with van der Waals surface area (Å²) in [6.45, 7) is 1.72. The second kappa shape index (κ2) is 9.70. The summed E-state index contributed by atoms with van der Waals surface area (Å²) in [6.07, 6.45) is 1.93. The first kappa shape index (κ1) is 22.9. The van der Waals surface area contributed by atoms with Gasteiger partial charge in [0.15, 0.2) is 0 Å². The van der Waals surface area contributed by atoms with E-state index in [1.165, 1.54) is 55.6 Å². The molecule has 1 N–H and O–H groups in total. The number of hydrogen-bond acceptors (Lipinski definition) is 7. The fourth-order valence-electron chi connectivity index (χ4n) is 3.69. The number of nitrogens with one attached hydrogen (secondary N) is 1. The number of amides is 1. The molecule has 0 spiro atoms. The van der Waals surface area contributed by atoms with Crippen LogP contribution in [0.1, 0.15) is 61.0 Å². The summed E-state index contributed by atoms with van der Waals surface area (Å²) in [6, 6.07) is 11.1. The molecule has 0 saturated carbocycles. The number of methoxy groups -OCH3 is 1. The monoisotopic (exact) mass is 464 g/mol. The molecule has 1 aromatic heterocycles. The van der Waals surface area contributed by atoms with Crippen LogP contribution in [-0.2, 0) is 11.2 Å². The van der Waals surface area contributed by atoms with Gasteiger partial charge in [0.25, 0.3) is 5.91 Å². The van der Waals surface area contributed by atoms with Crippen LogP contribution < -0.4 is 10.2 Å². The molecule has 0 saturated heterocycles. The minimum Gasteiger partial charge on any atom is -0.465 e. The average Bonchev–Trinajstić information content (AvgIpc) is 3.20. The highest BCUT2D eigenvalue weighted by molar-refractivity contribution is 6.06. The van der Waals surface area contributed by atoms with Gasteiger partial charge in [0, 0.05) is 23.1 Å². The van der Waals surface area contributed by atoms with Gasteiger partial charge in [-0.15, -0.1) is 0 Å². The van der Waals surface area contributed by atoms with E-state index in [-0.39, 0.29) is 17.1 Å². The minimum atomic E-state index is -0.688. The van der Waals surface area contributed by atoms with Gasteiger partial charge in [-0.3, -0.25) is 4.79 Å². The Morgan fingerprint density at radius 1 is 0.971 bits per heavy atom. The zero-order valence-electron chi connectivity index (χ0n) is 18.5. The van der Waals surface area contributed by atoms with Crippen LogP contribution in [0.3, 0.4) is 0 Å². The highest BCUT2D eigenvalue weighted by atomic mass is 19.1. The van der Waals surface area contributed by atoms with Crippen molar-refractivity contribution in [3.05, 3.63) is 88.1 Å². The van der Waals surface area contributed by atoms with Crippen molar-refractivity contribution < 1.29 is 32.7 Å². The van der Waals surface area contributed by atoms with E-state index in [9.17, 15) is 18.8 Å². The Balaban J connectivity index is 1.52. The normalized spacial score (nSPS) is 13.8. The number of carbonyl (C=O) groups is 3. The van der Waals surface area contributed by atoms with Crippen LogP contribution in [0.5, 0.6) is 5.75 Å². The molecular weight excluding hydrogens is 443 g/mol. The van der Waals surface area contributed by atoms with Crippen molar-refractivity contribution in [3.8, 4) is 5.75 Å². The fraction of sp³-hybridized carbons (Fsp3) is 0.200. The maximum absolute atomic E-state index is 13.1. The van der Waals surface area contributed by atoms with E-state index in [0.29, 0.717) is 41.0 Å². The molecule has 0 fully saturated rings. The standard InChI is InChI=1S/C25H21FN2O6/c1-14-21-19(27-28-23(29)15-6-10-17(26)11-7-15)4-3-5-20(21)34-22(14)25(31)33-18-12-8-16(9-13-18)24(30)32-2/h6-13H,3-5H2,1-2H3,(H,28,29)/b27-19+. The second-order valence-electron chi connectivity index (χ2n) is 7.62. The zero-order chi connectivity index (χ0) is 24.2.